The second-order valence-electron chi connectivity index (χ2n) is 5.65. The van der Waals surface area contributed by atoms with Gasteiger partial charge in [0.15, 0.2) is 0 Å². The Labute approximate surface area is 121 Å². The van der Waals surface area contributed by atoms with Gasteiger partial charge in [-0.25, -0.2) is 4.79 Å². The number of carbonyl (C=O) groups is 2. The molecule has 5 nitrogen and oxygen atoms in total. The molecule has 0 bridgehead atoms. The van der Waals surface area contributed by atoms with Crippen molar-refractivity contribution in [2.45, 2.75) is 70.8 Å². The Morgan fingerprint density at radius 3 is 2.55 bits per heavy atom. The van der Waals surface area contributed by atoms with E-state index in [0.717, 1.165) is 38.5 Å². The summed E-state index contributed by atoms with van der Waals surface area (Å²) in [6, 6.07) is -0.453. The average Bonchev–Trinajstić information content (AvgIpc) is 2.64. The number of unbranched alkanes of at least 4 members (excludes halogenated alkanes) is 3. The van der Waals surface area contributed by atoms with Crippen molar-refractivity contribution in [2.24, 2.45) is 5.92 Å². The minimum absolute atomic E-state index is 0.223. The molecule has 3 N–H and O–H groups in total. The normalized spacial score (nSPS) is 22.9. The van der Waals surface area contributed by atoms with E-state index in [1.54, 1.807) is 0 Å². The number of carboxylic acids is 1. The molecule has 0 aliphatic heterocycles. The minimum atomic E-state index is -0.792. The molecule has 1 aliphatic rings. The summed E-state index contributed by atoms with van der Waals surface area (Å²) < 4.78 is 0. The van der Waals surface area contributed by atoms with Crippen LogP contribution in [-0.4, -0.2) is 29.7 Å². The largest absolute Gasteiger partial charge is 0.481 e. The van der Waals surface area contributed by atoms with Crippen molar-refractivity contribution in [1.82, 2.24) is 10.6 Å². The summed E-state index contributed by atoms with van der Waals surface area (Å²) in [5.41, 5.74) is 0. The van der Waals surface area contributed by atoms with E-state index in [1.165, 1.54) is 12.8 Å². The smallest absolute Gasteiger partial charge is 0.315 e. The third kappa shape index (κ3) is 6.26. The zero-order valence-electron chi connectivity index (χ0n) is 12.5. The van der Waals surface area contributed by atoms with Crippen LogP contribution < -0.4 is 10.6 Å². The summed E-state index contributed by atoms with van der Waals surface area (Å²) in [5.74, 6) is -1.23. The Hall–Kier alpha value is -1.26. The van der Waals surface area contributed by atoms with E-state index < -0.39 is 11.9 Å². The maximum atomic E-state index is 11.8. The van der Waals surface area contributed by atoms with Gasteiger partial charge in [-0.1, -0.05) is 45.4 Å². The molecule has 0 saturated heterocycles. The lowest BCUT2D eigenvalue weighted by molar-refractivity contribution is -0.142. The molecule has 0 radical (unpaired) electrons. The number of hydrogen-bond donors (Lipinski definition) is 3. The third-order valence-electron chi connectivity index (χ3n) is 3.97. The van der Waals surface area contributed by atoms with Crippen molar-refractivity contribution in [3.05, 3.63) is 0 Å². The Balaban J connectivity index is 2.31. The first kappa shape index (κ1) is 16.8. The molecule has 0 spiro atoms. The highest BCUT2D eigenvalue weighted by molar-refractivity contribution is 5.76. The van der Waals surface area contributed by atoms with Gasteiger partial charge in [0.2, 0.25) is 0 Å². The van der Waals surface area contributed by atoms with E-state index in [2.05, 4.69) is 17.6 Å². The van der Waals surface area contributed by atoms with Crippen LogP contribution >= 0.6 is 0 Å². The molecular weight excluding hydrogens is 256 g/mol. The van der Waals surface area contributed by atoms with Gasteiger partial charge < -0.3 is 15.7 Å². The Morgan fingerprint density at radius 1 is 1.10 bits per heavy atom. The maximum Gasteiger partial charge on any atom is 0.315 e. The SMILES string of the molecule is CCCCCCNC(=O)NC1CCCCCC1C(=O)O. The zero-order valence-corrected chi connectivity index (χ0v) is 12.5. The average molecular weight is 284 g/mol. The predicted octanol–water partition coefficient (Wildman–Crippen LogP) is 2.90. The Kier molecular flexibility index (Phi) is 8.07. The highest BCUT2D eigenvalue weighted by atomic mass is 16.4. The molecule has 2 amide bonds. The molecule has 2 atom stereocenters. The summed E-state index contributed by atoms with van der Waals surface area (Å²) in [7, 11) is 0. The lowest BCUT2D eigenvalue weighted by Gasteiger charge is -2.23. The van der Waals surface area contributed by atoms with Crippen LogP contribution in [0.3, 0.4) is 0 Å². The second kappa shape index (κ2) is 9.61. The van der Waals surface area contributed by atoms with Crippen LogP contribution in [0, 0.1) is 5.92 Å². The number of rotatable bonds is 7. The summed E-state index contributed by atoms with van der Waals surface area (Å²) in [6.07, 6.45) is 8.88. The number of urea groups is 1. The van der Waals surface area contributed by atoms with Crippen LogP contribution in [0.1, 0.15) is 64.7 Å². The lowest BCUT2D eigenvalue weighted by Crippen LogP contribution is -2.47. The van der Waals surface area contributed by atoms with Crippen LogP contribution in [0.15, 0.2) is 0 Å². The molecule has 1 aliphatic carbocycles. The number of hydrogen-bond acceptors (Lipinski definition) is 2. The zero-order chi connectivity index (χ0) is 14.8. The highest BCUT2D eigenvalue weighted by Gasteiger charge is 2.30. The van der Waals surface area contributed by atoms with Crippen molar-refractivity contribution in [3.63, 3.8) is 0 Å². The van der Waals surface area contributed by atoms with Gasteiger partial charge in [-0.15, -0.1) is 0 Å². The van der Waals surface area contributed by atoms with Gasteiger partial charge in [-0.05, 0) is 19.3 Å². The number of carbonyl (C=O) groups excluding carboxylic acids is 1. The molecule has 1 saturated carbocycles. The van der Waals surface area contributed by atoms with Crippen molar-refractivity contribution in [3.8, 4) is 0 Å². The van der Waals surface area contributed by atoms with Crippen LogP contribution in [-0.2, 0) is 4.79 Å². The van der Waals surface area contributed by atoms with E-state index >= 15 is 0 Å². The van der Waals surface area contributed by atoms with Crippen LogP contribution in [0.2, 0.25) is 0 Å². The summed E-state index contributed by atoms with van der Waals surface area (Å²) >= 11 is 0. The Morgan fingerprint density at radius 2 is 1.85 bits per heavy atom. The van der Waals surface area contributed by atoms with Gasteiger partial charge in [0.1, 0.15) is 0 Å². The molecule has 2 unspecified atom stereocenters. The van der Waals surface area contributed by atoms with Crippen molar-refractivity contribution in [1.29, 1.82) is 0 Å². The molecule has 116 valence electrons. The van der Waals surface area contributed by atoms with Crippen LogP contribution in [0.25, 0.3) is 0 Å². The van der Waals surface area contributed by atoms with Gasteiger partial charge in [0, 0.05) is 12.6 Å². The second-order valence-corrected chi connectivity index (χ2v) is 5.65. The van der Waals surface area contributed by atoms with Gasteiger partial charge in [-0.3, -0.25) is 4.79 Å². The number of carboxylic acid groups (broad SMARTS) is 1. The van der Waals surface area contributed by atoms with E-state index in [9.17, 15) is 14.7 Å². The summed E-state index contributed by atoms with van der Waals surface area (Å²) in [4.78, 5) is 23.1. The first-order valence-electron chi connectivity index (χ1n) is 7.92. The number of nitrogens with one attached hydrogen (secondary N) is 2. The maximum absolute atomic E-state index is 11.8. The highest BCUT2D eigenvalue weighted by Crippen LogP contribution is 2.23. The van der Waals surface area contributed by atoms with Gasteiger partial charge in [0.25, 0.3) is 0 Å². The fourth-order valence-corrected chi connectivity index (χ4v) is 2.75. The number of aliphatic carboxylic acids is 1. The van der Waals surface area contributed by atoms with E-state index in [-0.39, 0.29) is 12.1 Å². The first-order valence-corrected chi connectivity index (χ1v) is 7.92. The lowest BCUT2D eigenvalue weighted by atomic mass is 9.95. The molecule has 0 aromatic heterocycles. The standard InChI is InChI=1S/C15H28N2O3/c1-2-3-4-8-11-16-15(20)17-13-10-7-5-6-9-12(13)14(18)19/h12-13H,2-11H2,1H3,(H,18,19)(H2,16,17,20). The molecule has 0 aromatic rings. The molecule has 1 fully saturated rings. The van der Waals surface area contributed by atoms with Crippen molar-refractivity contribution in [2.75, 3.05) is 6.54 Å². The van der Waals surface area contributed by atoms with E-state index in [0.29, 0.717) is 13.0 Å². The molecule has 5 heteroatoms. The third-order valence-corrected chi connectivity index (χ3v) is 3.97. The monoisotopic (exact) mass is 284 g/mol. The van der Waals surface area contributed by atoms with Crippen LogP contribution in [0.4, 0.5) is 4.79 Å². The molecule has 0 heterocycles. The molecule has 20 heavy (non-hydrogen) atoms. The van der Waals surface area contributed by atoms with E-state index in [4.69, 9.17) is 0 Å². The van der Waals surface area contributed by atoms with Crippen molar-refractivity contribution < 1.29 is 14.7 Å². The first-order chi connectivity index (χ1) is 9.65. The van der Waals surface area contributed by atoms with E-state index in [1.807, 2.05) is 0 Å². The van der Waals surface area contributed by atoms with Crippen molar-refractivity contribution >= 4 is 12.0 Å². The number of amides is 2. The fourth-order valence-electron chi connectivity index (χ4n) is 2.75. The van der Waals surface area contributed by atoms with Crippen LogP contribution in [0.5, 0.6) is 0 Å². The van der Waals surface area contributed by atoms with Gasteiger partial charge in [-0.2, -0.15) is 0 Å². The molecule has 0 aromatic carbocycles. The molecule has 1 rings (SSSR count). The Bertz CT molecular complexity index is 307. The van der Waals surface area contributed by atoms with Gasteiger partial charge >= 0.3 is 12.0 Å². The topological polar surface area (TPSA) is 78.4 Å². The molecular formula is C15H28N2O3. The van der Waals surface area contributed by atoms with Gasteiger partial charge in [0.05, 0.1) is 5.92 Å². The fraction of sp³-hybridized carbons (Fsp3) is 0.867. The minimum Gasteiger partial charge on any atom is -0.481 e. The quantitative estimate of drug-likeness (QED) is 0.497. The summed E-state index contributed by atoms with van der Waals surface area (Å²) in [6.45, 7) is 2.81. The summed E-state index contributed by atoms with van der Waals surface area (Å²) in [5, 5.41) is 14.9. The predicted molar refractivity (Wildman–Crippen MR) is 78.7 cm³/mol.